The van der Waals surface area contributed by atoms with Crippen LogP contribution in [0.4, 0.5) is 0 Å². The third-order valence-electron chi connectivity index (χ3n) is 0.553. The Morgan fingerprint density at radius 1 is 1.00 bits per heavy atom. The van der Waals surface area contributed by atoms with Crippen LogP contribution >= 0.6 is 0 Å². The number of carboxylic acid groups (broad SMARTS) is 2. The van der Waals surface area contributed by atoms with Crippen molar-refractivity contribution < 1.29 is 44.8 Å². The molecular formula is C4H8O5Zn. The maximum Gasteiger partial charge on any atom is 0.303 e. The fraction of sp³-hybridized carbons (Fsp3) is 0.500. The predicted octanol–water partition coefficient (Wildman–Crippen LogP) is -0.891. The van der Waals surface area contributed by atoms with Gasteiger partial charge in [-0.3, -0.25) is 9.59 Å². The molecule has 0 spiro atoms. The molecule has 0 bridgehead atoms. The molecule has 5 nitrogen and oxygen atoms in total. The Morgan fingerprint density at radius 3 is 1.30 bits per heavy atom. The first-order valence-corrected chi connectivity index (χ1v) is 2.06. The normalized spacial score (nSPS) is 6.80. The summed E-state index contributed by atoms with van der Waals surface area (Å²) in [6.07, 6.45) is -0.593. The van der Waals surface area contributed by atoms with Gasteiger partial charge in [-0.1, -0.05) is 0 Å². The molecule has 0 aromatic heterocycles. The molecule has 0 aliphatic heterocycles. The summed E-state index contributed by atoms with van der Waals surface area (Å²) in [7, 11) is 0. The van der Waals surface area contributed by atoms with Crippen molar-refractivity contribution in [1.29, 1.82) is 0 Å². The minimum absolute atomic E-state index is 0. The van der Waals surface area contributed by atoms with Crippen molar-refractivity contribution in [3.8, 4) is 0 Å². The summed E-state index contributed by atoms with van der Waals surface area (Å²) >= 11 is 0. The number of carbonyl (C=O) groups is 2. The second-order valence-corrected chi connectivity index (χ2v) is 1.29. The quantitative estimate of drug-likeness (QED) is 0.578. The molecule has 4 N–H and O–H groups in total. The van der Waals surface area contributed by atoms with Gasteiger partial charge in [-0.05, 0) is 0 Å². The zero-order valence-electron chi connectivity index (χ0n) is 5.33. The zero-order chi connectivity index (χ0) is 6.57. The Kier molecular flexibility index (Phi) is 13.9. The fourth-order valence-electron chi connectivity index (χ4n) is 0.214. The summed E-state index contributed by atoms with van der Waals surface area (Å²) in [4.78, 5) is 19.3. The monoisotopic (exact) mass is 200 g/mol. The number of rotatable bonds is 3. The van der Waals surface area contributed by atoms with Gasteiger partial charge in [-0.25, -0.2) is 0 Å². The number of carboxylic acids is 2. The first-order valence-electron chi connectivity index (χ1n) is 2.06. The molecule has 0 atom stereocenters. The molecule has 0 amide bonds. The van der Waals surface area contributed by atoms with Gasteiger partial charge in [0, 0.05) is 19.5 Å². The van der Waals surface area contributed by atoms with Crippen molar-refractivity contribution in [2.24, 2.45) is 0 Å². The predicted molar refractivity (Wildman–Crippen MR) is 28.1 cm³/mol. The van der Waals surface area contributed by atoms with E-state index in [9.17, 15) is 9.59 Å². The number of hydrogen-bond donors (Lipinski definition) is 2. The Hall–Kier alpha value is -0.477. The smallest absolute Gasteiger partial charge is 0.303 e. The second kappa shape index (κ2) is 8.52. The average Bonchev–Trinajstić information content (AvgIpc) is 1.61. The van der Waals surface area contributed by atoms with Crippen molar-refractivity contribution in [3.63, 3.8) is 0 Å². The molecule has 0 saturated carbocycles. The summed E-state index contributed by atoms with van der Waals surface area (Å²) in [6, 6.07) is 0. The van der Waals surface area contributed by atoms with Gasteiger partial charge >= 0.3 is 11.9 Å². The van der Waals surface area contributed by atoms with Gasteiger partial charge < -0.3 is 15.7 Å². The molecule has 0 fully saturated rings. The topological polar surface area (TPSA) is 106 Å². The van der Waals surface area contributed by atoms with Crippen LogP contribution in [0.1, 0.15) is 12.8 Å². The summed E-state index contributed by atoms with van der Waals surface area (Å²) in [5.41, 5.74) is 0. The van der Waals surface area contributed by atoms with Crippen LogP contribution in [0.5, 0.6) is 0 Å². The van der Waals surface area contributed by atoms with E-state index in [0.29, 0.717) is 0 Å². The minimum Gasteiger partial charge on any atom is -0.481 e. The minimum atomic E-state index is -1.08. The van der Waals surface area contributed by atoms with Gasteiger partial charge in [0.15, 0.2) is 0 Å². The number of hydrogen-bond acceptors (Lipinski definition) is 2. The summed E-state index contributed by atoms with van der Waals surface area (Å²) in [6.45, 7) is 0. The van der Waals surface area contributed by atoms with Gasteiger partial charge in [-0.15, -0.1) is 0 Å². The molecule has 0 unspecified atom stereocenters. The van der Waals surface area contributed by atoms with Crippen LogP contribution in [-0.4, -0.2) is 27.6 Å². The summed E-state index contributed by atoms with van der Waals surface area (Å²) in [5, 5.41) is 15.8. The van der Waals surface area contributed by atoms with Crippen molar-refractivity contribution >= 4 is 11.9 Å². The molecule has 0 aromatic carbocycles. The van der Waals surface area contributed by atoms with Crippen LogP contribution < -0.4 is 0 Å². The summed E-state index contributed by atoms with van der Waals surface area (Å²) in [5.74, 6) is -2.15. The van der Waals surface area contributed by atoms with Crippen LogP contribution in [0.3, 0.4) is 0 Å². The third kappa shape index (κ3) is 15.6. The van der Waals surface area contributed by atoms with E-state index in [2.05, 4.69) is 0 Å². The van der Waals surface area contributed by atoms with Crippen LogP contribution in [0, 0.1) is 0 Å². The standard InChI is InChI=1S/C4H6O4.H2O.Zn/c5-3(6)1-2-4(7)8;;/h1-2H2,(H,5,6)(H,7,8);1H2;. The second-order valence-electron chi connectivity index (χ2n) is 1.29. The van der Waals surface area contributed by atoms with Crippen molar-refractivity contribution in [2.75, 3.05) is 0 Å². The van der Waals surface area contributed by atoms with Gasteiger partial charge in [0.05, 0.1) is 12.8 Å². The molecule has 0 aliphatic rings. The van der Waals surface area contributed by atoms with Gasteiger partial charge in [0.2, 0.25) is 0 Å². The Morgan fingerprint density at radius 2 is 1.20 bits per heavy atom. The van der Waals surface area contributed by atoms with E-state index < -0.39 is 11.9 Å². The van der Waals surface area contributed by atoms with Crippen LogP contribution in [0.25, 0.3) is 0 Å². The molecule has 56 valence electrons. The van der Waals surface area contributed by atoms with Gasteiger partial charge in [0.25, 0.3) is 0 Å². The largest absolute Gasteiger partial charge is 0.481 e. The van der Waals surface area contributed by atoms with Crippen molar-refractivity contribution in [1.82, 2.24) is 0 Å². The van der Waals surface area contributed by atoms with Crippen LogP contribution in [0.15, 0.2) is 0 Å². The molecule has 6 heteroatoms. The maximum atomic E-state index is 9.64. The van der Waals surface area contributed by atoms with Crippen LogP contribution in [-0.2, 0) is 29.1 Å². The number of aliphatic carboxylic acids is 2. The zero-order valence-corrected chi connectivity index (χ0v) is 8.30. The molecule has 0 saturated heterocycles. The Balaban J connectivity index is -0.000000245. The summed E-state index contributed by atoms with van der Waals surface area (Å²) < 4.78 is 0. The van der Waals surface area contributed by atoms with Crippen molar-refractivity contribution in [2.45, 2.75) is 12.8 Å². The Labute approximate surface area is 70.1 Å². The van der Waals surface area contributed by atoms with Gasteiger partial charge in [0.1, 0.15) is 0 Å². The first kappa shape index (κ1) is 16.3. The SMILES string of the molecule is O.O=C(O)CCC(=O)O.[Zn]. The first-order chi connectivity index (χ1) is 3.63. The fourth-order valence-corrected chi connectivity index (χ4v) is 0.214. The Bertz CT molecular complexity index is 98.2. The van der Waals surface area contributed by atoms with E-state index in [1.54, 1.807) is 0 Å². The molecular weight excluding hydrogens is 193 g/mol. The molecule has 0 aliphatic carbocycles. The molecule has 0 heterocycles. The van der Waals surface area contributed by atoms with E-state index in [1.807, 2.05) is 0 Å². The van der Waals surface area contributed by atoms with E-state index in [1.165, 1.54) is 0 Å². The van der Waals surface area contributed by atoms with Crippen molar-refractivity contribution in [3.05, 3.63) is 0 Å². The van der Waals surface area contributed by atoms with E-state index >= 15 is 0 Å². The molecule has 0 rings (SSSR count). The van der Waals surface area contributed by atoms with Crippen LogP contribution in [0.2, 0.25) is 0 Å². The maximum absolute atomic E-state index is 9.64. The molecule has 0 aromatic rings. The third-order valence-corrected chi connectivity index (χ3v) is 0.553. The van der Waals surface area contributed by atoms with Gasteiger partial charge in [-0.2, -0.15) is 0 Å². The average molecular weight is 201 g/mol. The van der Waals surface area contributed by atoms with E-state index in [4.69, 9.17) is 10.2 Å². The molecule has 0 radical (unpaired) electrons. The van der Waals surface area contributed by atoms with E-state index in [-0.39, 0.29) is 37.8 Å². The van der Waals surface area contributed by atoms with E-state index in [0.717, 1.165) is 0 Å². The molecule has 10 heavy (non-hydrogen) atoms.